The van der Waals surface area contributed by atoms with Crippen molar-refractivity contribution in [1.29, 1.82) is 0 Å². The first-order valence-electron chi connectivity index (χ1n) is 4.45. The fourth-order valence-corrected chi connectivity index (χ4v) is 2.61. The molecule has 3 aliphatic rings. The lowest BCUT2D eigenvalue weighted by Crippen LogP contribution is -2.27. The average molecular weight is 158 g/mol. The summed E-state index contributed by atoms with van der Waals surface area (Å²) >= 11 is 0. The molecule has 3 rings (SSSR count). The number of allylic oxidation sites excluding steroid dienone is 6. The van der Waals surface area contributed by atoms with E-state index in [1.165, 1.54) is 0 Å². The van der Waals surface area contributed by atoms with Crippen molar-refractivity contribution in [2.45, 2.75) is 0 Å². The molecule has 0 radical (unpaired) electrons. The van der Waals surface area contributed by atoms with Crippen molar-refractivity contribution in [2.24, 2.45) is 23.7 Å². The number of hydrogen-bond donors (Lipinski definition) is 0. The molecule has 0 saturated carbocycles. The van der Waals surface area contributed by atoms with E-state index in [0.29, 0.717) is 23.5 Å². The van der Waals surface area contributed by atoms with Gasteiger partial charge in [0, 0.05) is 5.92 Å². The lowest BCUT2D eigenvalue weighted by atomic mass is 9.77. The van der Waals surface area contributed by atoms with Gasteiger partial charge in [0.2, 0.25) is 0 Å². The number of ketones is 1. The molecule has 0 N–H and O–H groups in total. The molecule has 0 saturated heterocycles. The van der Waals surface area contributed by atoms with Gasteiger partial charge in [0.05, 0.1) is 0 Å². The molecule has 12 heavy (non-hydrogen) atoms. The van der Waals surface area contributed by atoms with E-state index >= 15 is 0 Å². The Morgan fingerprint density at radius 1 is 0.917 bits per heavy atom. The Bertz CT molecular complexity index is 322. The second kappa shape index (κ2) is 1.98. The normalized spacial score (nSPS) is 47.2. The highest BCUT2D eigenvalue weighted by Gasteiger charge is 2.42. The quantitative estimate of drug-likeness (QED) is 0.491. The van der Waals surface area contributed by atoms with Crippen LogP contribution in [0.5, 0.6) is 0 Å². The molecule has 60 valence electrons. The second-order valence-electron chi connectivity index (χ2n) is 3.79. The van der Waals surface area contributed by atoms with Crippen LogP contribution in [0.3, 0.4) is 0 Å². The van der Waals surface area contributed by atoms with Crippen LogP contribution in [0.1, 0.15) is 0 Å². The zero-order chi connectivity index (χ0) is 8.13. The van der Waals surface area contributed by atoms with Crippen molar-refractivity contribution < 1.29 is 4.79 Å². The zero-order valence-corrected chi connectivity index (χ0v) is 6.68. The molecule has 0 bridgehead atoms. The van der Waals surface area contributed by atoms with Crippen molar-refractivity contribution in [2.75, 3.05) is 0 Å². The van der Waals surface area contributed by atoms with E-state index in [2.05, 4.69) is 24.3 Å². The molecule has 3 aliphatic carbocycles. The summed E-state index contributed by atoms with van der Waals surface area (Å²) in [5, 5.41) is 0. The molecule has 1 nitrogen and oxygen atoms in total. The summed E-state index contributed by atoms with van der Waals surface area (Å²) in [6.07, 6.45) is 12.5. The van der Waals surface area contributed by atoms with Gasteiger partial charge in [0.15, 0.2) is 5.78 Å². The highest BCUT2D eigenvalue weighted by atomic mass is 16.1. The maximum atomic E-state index is 11.4. The third-order valence-corrected chi connectivity index (χ3v) is 3.21. The fourth-order valence-electron chi connectivity index (χ4n) is 2.61. The molecule has 0 spiro atoms. The van der Waals surface area contributed by atoms with Gasteiger partial charge in [-0.25, -0.2) is 0 Å². The summed E-state index contributed by atoms with van der Waals surface area (Å²) in [5.74, 6) is 2.06. The highest BCUT2D eigenvalue weighted by Crippen LogP contribution is 2.45. The van der Waals surface area contributed by atoms with Crippen LogP contribution in [-0.4, -0.2) is 5.78 Å². The molecule has 4 atom stereocenters. The van der Waals surface area contributed by atoms with Crippen molar-refractivity contribution in [3.05, 3.63) is 36.5 Å². The molecule has 0 fully saturated rings. The topological polar surface area (TPSA) is 17.1 Å². The van der Waals surface area contributed by atoms with Gasteiger partial charge >= 0.3 is 0 Å². The number of rotatable bonds is 0. The summed E-state index contributed by atoms with van der Waals surface area (Å²) in [5.41, 5.74) is 0. The van der Waals surface area contributed by atoms with Crippen molar-refractivity contribution >= 4 is 5.78 Å². The summed E-state index contributed by atoms with van der Waals surface area (Å²) in [6.45, 7) is 0. The number of carbonyl (C=O) groups is 1. The molecule has 0 aromatic carbocycles. The van der Waals surface area contributed by atoms with Crippen LogP contribution in [0.2, 0.25) is 0 Å². The Kier molecular flexibility index (Phi) is 1.06. The third kappa shape index (κ3) is 0.619. The minimum atomic E-state index is 0.181. The number of carbonyl (C=O) groups excluding carboxylic acids is 1. The Labute approximate surface area is 71.5 Å². The molecular formula is C11H10O. The standard InChI is InChI=1S/C11H10O/c12-10-6-4-8-2-1-7-3-5-9(10)11(7)8/h1-9,11H. The van der Waals surface area contributed by atoms with Gasteiger partial charge in [0.25, 0.3) is 0 Å². The summed E-state index contributed by atoms with van der Waals surface area (Å²) in [6, 6.07) is 0. The van der Waals surface area contributed by atoms with Gasteiger partial charge in [-0.15, -0.1) is 0 Å². The van der Waals surface area contributed by atoms with Gasteiger partial charge in [-0.05, 0) is 23.8 Å². The second-order valence-corrected chi connectivity index (χ2v) is 3.79. The molecule has 0 amide bonds. The van der Waals surface area contributed by atoms with Crippen LogP contribution in [0.15, 0.2) is 36.5 Å². The van der Waals surface area contributed by atoms with Crippen LogP contribution in [0, 0.1) is 23.7 Å². The van der Waals surface area contributed by atoms with Crippen LogP contribution in [0.4, 0.5) is 0 Å². The average Bonchev–Trinajstić information content (AvgIpc) is 2.61. The Morgan fingerprint density at radius 2 is 1.58 bits per heavy atom. The minimum absolute atomic E-state index is 0.181. The van der Waals surface area contributed by atoms with Crippen LogP contribution in [0.25, 0.3) is 0 Å². The summed E-state index contributed by atoms with van der Waals surface area (Å²) in [7, 11) is 0. The van der Waals surface area contributed by atoms with E-state index in [4.69, 9.17) is 0 Å². The van der Waals surface area contributed by atoms with E-state index in [1.807, 2.05) is 6.08 Å². The Balaban J connectivity index is 2.11. The lowest BCUT2D eigenvalue weighted by Gasteiger charge is -2.25. The predicted octanol–water partition coefficient (Wildman–Crippen LogP) is 1.73. The minimum Gasteiger partial charge on any atom is -0.294 e. The predicted molar refractivity (Wildman–Crippen MR) is 46.4 cm³/mol. The van der Waals surface area contributed by atoms with Crippen molar-refractivity contribution in [3.63, 3.8) is 0 Å². The monoisotopic (exact) mass is 158 g/mol. The summed E-state index contributed by atoms with van der Waals surface area (Å²) < 4.78 is 0. The first kappa shape index (κ1) is 6.41. The van der Waals surface area contributed by atoms with E-state index in [9.17, 15) is 4.79 Å². The maximum Gasteiger partial charge on any atom is 0.162 e. The molecule has 0 aliphatic heterocycles. The van der Waals surface area contributed by atoms with E-state index in [0.717, 1.165) is 0 Å². The van der Waals surface area contributed by atoms with Gasteiger partial charge in [-0.1, -0.05) is 30.4 Å². The van der Waals surface area contributed by atoms with Crippen LogP contribution < -0.4 is 0 Å². The van der Waals surface area contributed by atoms with Gasteiger partial charge in [0.1, 0.15) is 0 Å². The van der Waals surface area contributed by atoms with E-state index in [1.54, 1.807) is 6.08 Å². The van der Waals surface area contributed by atoms with Crippen LogP contribution in [-0.2, 0) is 4.79 Å². The first-order chi connectivity index (χ1) is 5.86. The third-order valence-electron chi connectivity index (χ3n) is 3.21. The van der Waals surface area contributed by atoms with E-state index < -0.39 is 0 Å². The molecule has 0 aromatic heterocycles. The largest absolute Gasteiger partial charge is 0.294 e. The fraction of sp³-hybridized carbons (Fsp3) is 0.364. The zero-order valence-electron chi connectivity index (χ0n) is 6.68. The van der Waals surface area contributed by atoms with Crippen molar-refractivity contribution in [3.8, 4) is 0 Å². The van der Waals surface area contributed by atoms with Crippen LogP contribution >= 0.6 is 0 Å². The van der Waals surface area contributed by atoms with E-state index in [-0.39, 0.29) is 5.92 Å². The molecule has 4 unspecified atom stereocenters. The maximum absolute atomic E-state index is 11.4. The Morgan fingerprint density at radius 3 is 2.42 bits per heavy atom. The highest BCUT2D eigenvalue weighted by molar-refractivity contribution is 5.95. The number of hydrogen-bond acceptors (Lipinski definition) is 1. The SMILES string of the molecule is O=C1C=CC2C=CC3C=CC1C23. The van der Waals surface area contributed by atoms with Gasteiger partial charge in [-0.3, -0.25) is 4.79 Å². The lowest BCUT2D eigenvalue weighted by molar-refractivity contribution is -0.118. The molecule has 1 heteroatoms. The van der Waals surface area contributed by atoms with Gasteiger partial charge in [-0.2, -0.15) is 0 Å². The first-order valence-corrected chi connectivity index (χ1v) is 4.45. The summed E-state index contributed by atoms with van der Waals surface area (Å²) in [4.78, 5) is 11.4. The smallest absolute Gasteiger partial charge is 0.162 e. The molecular weight excluding hydrogens is 148 g/mol. The molecule has 0 heterocycles. The van der Waals surface area contributed by atoms with Crippen molar-refractivity contribution in [1.82, 2.24) is 0 Å². The Hall–Kier alpha value is -1.11. The molecule has 0 aromatic rings. The van der Waals surface area contributed by atoms with Gasteiger partial charge < -0.3 is 0 Å².